The minimum absolute atomic E-state index is 0.0878. The molecule has 0 aromatic carbocycles. The fraction of sp³-hybridized carbons (Fsp3) is 0.867. The van der Waals surface area contributed by atoms with E-state index in [9.17, 15) is 9.59 Å². The SMILES string of the molecule is NC1CCCC(CCC(=O)NCCNC(=O)C2CC2)C1. The zero-order chi connectivity index (χ0) is 14.4. The van der Waals surface area contributed by atoms with Crippen LogP contribution in [0.5, 0.6) is 0 Å². The van der Waals surface area contributed by atoms with Crippen LogP contribution in [0, 0.1) is 11.8 Å². The monoisotopic (exact) mass is 281 g/mol. The van der Waals surface area contributed by atoms with Crippen LogP contribution in [0.4, 0.5) is 0 Å². The van der Waals surface area contributed by atoms with Gasteiger partial charge in [0.25, 0.3) is 0 Å². The highest BCUT2D eigenvalue weighted by atomic mass is 16.2. The highest BCUT2D eigenvalue weighted by Crippen LogP contribution is 2.28. The Bertz CT molecular complexity index is 342. The van der Waals surface area contributed by atoms with Gasteiger partial charge in [-0.15, -0.1) is 0 Å². The Hall–Kier alpha value is -1.10. The molecular formula is C15H27N3O2. The zero-order valence-corrected chi connectivity index (χ0v) is 12.2. The molecule has 2 fully saturated rings. The van der Waals surface area contributed by atoms with Crippen molar-refractivity contribution in [3.63, 3.8) is 0 Å². The summed E-state index contributed by atoms with van der Waals surface area (Å²) in [5.74, 6) is 1.07. The molecule has 20 heavy (non-hydrogen) atoms. The number of nitrogens with two attached hydrogens (primary N) is 1. The Balaban J connectivity index is 1.48. The lowest BCUT2D eigenvalue weighted by atomic mass is 9.83. The van der Waals surface area contributed by atoms with Crippen LogP contribution in [0.25, 0.3) is 0 Å². The normalized spacial score (nSPS) is 26.1. The summed E-state index contributed by atoms with van der Waals surface area (Å²) in [6.45, 7) is 1.07. The summed E-state index contributed by atoms with van der Waals surface area (Å²) in [4.78, 5) is 23.1. The Morgan fingerprint density at radius 1 is 1.05 bits per heavy atom. The molecule has 0 aliphatic heterocycles. The van der Waals surface area contributed by atoms with E-state index >= 15 is 0 Å². The van der Waals surface area contributed by atoms with Crippen molar-refractivity contribution in [1.29, 1.82) is 0 Å². The predicted molar refractivity (Wildman–Crippen MR) is 77.9 cm³/mol. The van der Waals surface area contributed by atoms with Crippen LogP contribution in [0.15, 0.2) is 0 Å². The summed E-state index contributed by atoms with van der Waals surface area (Å²) in [5.41, 5.74) is 5.95. The van der Waals surface area contributed by atoms with Crippen molar-refractivity contribution in [1.82, 2.24) is 10.6 Å². The first-order valence-corrected chi connectivity index (χ1v) is 7.95. The summed E-state index contributed by atoms with van der Waals surface area (Å²) < 4.78 is 0. The number of rotatable bonds is 7. The molecule has 0 saturated heterocycles. The van der Waals surface area contributed by atoms with E-state index in [-0.39, 0.29) is 17.7 Å². The van der Waals surface area contributed by atoms with Gasteiger partial charge in [0.1, 0.15) is 0 Å². The van der Waals surface area contributed by atoms with Crippen molar-refractivity contribution < 1.29 is 9.59 Å². The van der Waals surface area contributed by atoms with E-state index in [1.165, 1.54) is 12.8 Å². The molecule has 0 heterocycles. The largest absolute Gasteiger partial charge is 0.354 e. The Morgan fingerprint density at radius 3 is 2.50 bits per heavy atom. The topological polar surface area (TPSA) is 84.2 Å². The van der Waals surface area contributed by atoms with Crippen LogP contribution in [0.1, 0.15) is 51.4 Å². The molecule has 2 aliphatic carbocycles. The van der Waals surface area contributed by atoms with Crippen LogP contribution < -0.4 is 16.4 Å². The fourth-order valence-electron chi connectivity index (χ4n) is 2.90. The molecule has 2 saturated carbocycles. The average molecular weight is 281 g/mol. The van der Waals surface area contributed by atoms with Crippen molar-refractivity contribution in [3.8, 4) is 0 Å². The molecule has 2 rings (SSSR count). The lowest BCUT2D eigenvalue weighted by Gasteiger charge is -2.26. The molecule has 5 nitrogen and oxygen atoms in total. The van der Waals surface area contributed by atoms with Gasteiger partial charge in [0.15, 0.2) is 0 Å². The van der Waals surface area contributed by atoms with Gasteiger partial charge in [-0.2, -0.15) is 0 Å². The highest BCUT2D eigenvalue weighted by Gasteiger charge is 2.29. The summed E-state index contributed by atoms with van der Waals surface area (Å²) in [6, 6.07) is 0.328. The maximum atomic E-state index is 11.7. The first-order chi connectivity index (χ1) is 9.65. The lowest BCUT2D eigenvalue weighted by molar-refractivity contribution is -0.123. The van der Waals surface area contributed by atoms with Gasteiger partial charge in [-0.05, 0) is 38.0 Å². The highest BCUT2D eigenvalue weighted by molar-refractivity contribution is 5.81. The number of carbonyl (C=O) groups excluding carboxylic acids is 2. The van der Waals surface area contributed by atoms with Gasteiger partial charge in [0, 0.05) is 31.5 Å². The molecule has 2 aliphatic rings. The van der Waals surface area contributed by atoms with Crippen molar-refractivity contribution >= 4 is 11.8 Å². The second kappa shape index (κ2) is 7.62. The summed E-state index contributed by atoms with van der Waals surface area (Å²) in [5, 5.41) is 5.70. The van der Waals surface area contributed by atoms with E-state index < -0.39 is 0 Å². The van der Waals surface area contributed by atoms with Gasteiger partial charge in [0.2, 0.25) is 11.8 Å². The van der Waals surface area contributed by atoms with E-state index in [2.05, 4.69) is 10.6 Å². The first kappa shape index (κ1) is 15.3. The van der Waals surface area contributed by atoms with Gasteiger partial charge in [-0.1, -0.05) is 12.8 Å². The van der Waals surface area contributed by atoms with Gasteiger partial charge in [-0.25, -0.2) is 0 Å². The summed E-state index contributed by atoms with van der Waals surface area (Å²) in [6.07, 6.45) is 8.14. The third-order valence-corrected chi connectivity index (χ3v) is 4.30. The van der Waals surface area contributed by atoms with Gasteiger partial charge in [0.05, 0.1) is 0 Å². The third kappa shape index (κ3) is 5.49. The second-order valence-corrected chi connectivity index (χ2v) is 6.25. The van der Waals surface area contributed by atoms with Crippen molar-refractivity contribution in [2.75, 3.05) is 13.1 Å². The maximum Gasteiger partial charge on any atom is 0.223 e. The predicted octanol–water partition coefficient (Wildman–Crippen LogP) is 0.926. The lowest BCUT2D eigenvalue weighted by Crippen LogP contribution is -2.35. The number of nitrogens with one attached hydrogen (secondary N) is 2. The molecule has 4 N–H and O–H groups in total. The van der Waals surface area contributed by atoms with Crippen LogP contribution >= 0.6 is 0 Å². The Labute approximate surface area is 121 Å². The molecule has 0 radical (unpaired) electrons. The van der Waals surface area contributed by atoms with Crippen LogP contribution in [-0.4, -0.2) is 30.9 Å². The summed E-state index contributed by atoms with van der Waals surface area (Å²) in [7, 11) is 0. The standard InChI is InChI=1S/C15H27N3O2/c16-13-3-1-2-11(10-13)4-7-14(19)17-8-9-18-15(20)12-5-6-12/h11-13H,1-10,16H2,(H,17,19)(H,18,20). The number of hydrogen-bond acceptors (Lipinski definition) is 3. The Morgan fingerprint density at radius 2 is 1.80 bits per heavy atom. The van der Waals surface area contributed by atoms with Gasteiger partial charge >= 0.3 is 0 Å². The van der Waals surface area contributed by atoms with E-state index in [0.717, 1.165) is 32.1 Å². The number of hydrogen-bond donors (Lipinski definition) is 3. The molecule has 0 aromatic heterocycles. The molecule has 2 amide bonds. The Kier molecular flexibility index (Phi) is 5.83. The molecule has 114 valence electrons. The average Bonchev–Trinajstić information content (AvgIpc) is 3.26. The zero-order valence-electron chi connectivity index (χ0n) is 12.2. The molecule has 0 aromatic rings. The van der Waals surface area contributed by atoms with Crippen molar-refractivity contribution in [3.05, 3.63) is 0 Å². The smallest absolute Gasteiger partial charge is 0.223 e. The maximum absolute atomic E-state index is 11.7. The van der Waals surface area contributed by atoms with Crippen LogP contribution in [0.3, 0.4) is 0 Å². The van der Waals surface area contributed by atoms with E-state index in [1.54, 1.807) is 0 Å². The molecule has 5 heteroatoms. The fourth-order valence-corrected chi connectivity index (χ4v) is 2.90. The second-order valence-electron chi connectivity index (χ2n) is 6.25. The molecule has 0 bridgehead atoms. The van der Waals surface area contributed by atoms with Crippen molar-refractivity contribution in [2.45, 2.75) is 57.4 Å². The molecular weight excluding hydrogens is 254 g/mol. The van der Waals surface area contributed by atoms with E-state index in [0.29, 0.717) is 31.5 Å². The first-order valence-electron chi connectivity index (χ1n) is 7.95. The van der Waals surface area contributed by atoms with Crippen LogP contribution in [-0.2, 0) is 9.59 Å². The summed E-state index contributed by atoms with van der Waals surface area (Å²) >= 11 is 0. The molecule has 0 spiro atoms. The number of carbonyl (C=O) groups is 2. The minimum atomic E-state index is 0.0878. The van der Waals surface area contributed by atoms with E-state index in [4.69, 9.17) is 5.73 Å². The van der Waals surface area contributed by atoms with Crippen molar-refractivity contribution in [2.24, 2.45) is 17.6 Å². The molecule has 2 unspecified atom stereocenters. The minimum Gasteiger partial charge on any atom is -0.354 e. The van der Waals surface area contributed by atoms with Gasteiger partial charge in [-0.3, -0.25) is 9.59 Å². The van der Waals surface area contributed by atoms with Crippen LogP contribution in [0.2, 0.25) is 0 Å². The number of amides is 2. The quantitative estimate of drug-likeness (QED) is 0.607. The third-order valence-electron chi connectivity index (χ3n) is 4.30. The molecule has 2 atom stereocenters. The van der Waals surface area contributed by atoms with Gasteiger partial charge < -0.3 is 16.4 Å². The van der Waals surface area contributed by atoms with E-state index in [1.807, 2.05) is 0 Å².